The molecule has 1 heterocycles. The van der Waals surface area contributed by atoms with E-state index in [2.05, 4.69) is 4.98 Å². The minimum atomic E-state index is -0.691. The van der Waals surface area contributed by atoms with Crippen LogP contribution in [-0.2, 0) is 14.9 Å². The number of rotatable bonds is 2. The number of oxazole rings is 1. The molecule has 0 radical (unpaired) electrons. The second-order valence-electron chi connectivity index (χ2n) is 4.53. The molecular weight excluding hydrogens is 218 g/mol. The standard InChI is InChI=1S/C13H15NO3/c1-8-14-10-6-5-9(7-11(10)17-8)13(2,3)12(15)16-4/h5-7H,1-4H3. The number of methoxy groups -OCH3 is 1. The molecule has 4 nitrogen and oxygen atoms in total. The van der Waals surface area contributed by atoms with Gasteiger partial charge in [-0.25, -0.2) is 4.98 Å². The van der Waals surface area contributed by atoms with Crippen LogP contribution >= 0.6 is 0 Å². The van der Waals surface area contributed by atoms with Crippen molar-refractivity contribution in [1.82, 2.24) is 4.98 Å². The normalized spacial score (nSPS) is 11.8. The van der Waals surface area contributed by atoms with E-state index in [1.807, 2.05) is 32.0 Å². The first-order valence-electron chi connectivity index (χ1n) is 5.41. The second kappa shape index (κ2) is 3.87. The van der Waals surface area contributed by atoms with Gasteiger partial charge in [0.2, 0.25) is 0 Å². The van der Waals surface area contributed by atoms with Crippen molar-refractivity contribution in [1.29, 1.82) is 0 Å². The molecule has 0 aliphatic carbocycles. The smallest absolute Gasteiger partial charge is 0.315 e. The summed E-state index contributed by atoms with van der Waals surface area (Å²) in [6, 6.07) is 5.57. The maximum atomic E-state index is 11.7. The Bertz CT molecular complexity index is 569. The number of ether oxygens (including phenoxy) is 1. The van der Waals surface area contributed by atoms with E-state index in [0.29, 0.717) is 11.5 Å². The quantitative estimate of drug-likeness (QED) is 0.748. The Balaban J connectivity index is 2.52. The highest BCUT2D eigenvalue weighted by molar-refractivity contribution is 5.84. The van der Waals surface area contributed by atoms with E-state index in [9.17, 15) is 4.79 Å². The molecule has 2 rings (SSSR count). The number of benzene rings is 1. The lowest BCUT2D eigenvalue weighted by Gasteiger charge is -2.21. The van der Waals surface area contributed by atoms with Crippen LogP contribution in [0.1, 0.15) is 25.3 Å². The third-order valence-corrected chi connectivity index (χ3v) is 2.91. The summed E-state index contributed by atoms with van der Waals surface area (Å²) >= 11 is 0. The Morgan fingerprint density at radius 1 is 1.41 bits per heavy atom. The van der Waals surface area contributed by atoms with Crippen molar-refractivity contribution in [3.8, 4) is 0 Å². The van der Waals surface area contributed by atoms with E-state index < -0.39 is 5.41 Å². The average Bonchev–Trinajstić information content (AvgIpc) is 2.66. The number of nitrogens with zero attached hydrogens (tertiary/aromatic N) is 1. The van der Waals surface area contributed by atoms with Crippen molar-refractivity contribution in [3.63, 3.8) is 0 Å². The highest BCUT2D eigenvalue weighted by Crippen LogP contribution is 2.28. The number of hydrogen-bond donors (Lipinski definition) is 0. The third-order valence-electron chi connectivity index (χ3n) is 2.91. The number of carbonyl (C=O) groups is 1. The van der Waals surface area contributed by atoms with Gasteiger partial charge in [0.15, 0.2) is 11.5 Å². The molecule has 0 amide bonds. The molecular formula is C13H15NO3. The number of aryl methyl sites for hydroxylation is 1. The summed E-state index contributed by atoms with van der Waals surface area (Å²) in [5, 5.41) is 0. The lowest BCUT2D eigenvalue weighted by molar-refractivity contribution is -0.146. The minimum absolute atomic E-state index is 0.270. The Hall–Kier alpha value is -1.84. The van der Waals surface area contributed by atoms with Gasteiger partial charge in [-0.3, -0.25) is 4.79 Å². The first-order valence-corrected chi connectivity index (χ1v) is 5.41. The topological polar surface area (TPSA) is 52.3 Å². The molecule has 0 saturated heterocycles. The van der Waals surface area contributed by atoms with Crippen LogP contribution in [0.2, 0.25) is 0 Å². The van der Waals surface area contributed by atoms with Crippen molar-refractivity contribution < 1.29 is 13.9 Å². The van der Waals surface area contributed by atoms with Crippen LogP contribution in [-0.4, -0.2) is 18.1 Å². The lowest BCUT2D eigenvalue weighted by atomic mass is 9.84. The van der Waals surface area contributed by atoms with Gasteiger partial charge in [0.25, 0.3) is 0 Å². The molecule has 0 aliphatic rings. The molecule has 90 valence electrons. The largest absolute Gasteiger partial charge is 0.468 e. The minimum Gasteiger partial charge on any atom is -0.468 e. The van der Waals surface area contributed by atoms with Gasteiger partial charge >= 0.3 is 5.97 Å². The van der Waals surface area contributed by atoms with Gasteiger partial charge in [0, 0.05) is 6.92 Å². The first kappa shape index (κ1) is 11.6. The summed E-state index contributed by atoms with van der Waals surface area (Å²) < 4.78 is 10.3. The maximum absolute atomic E-state index is 11.7. The zero-order valence-electron chi connectivity index (χ0n) is 10.4. The first-order chi connectivity index (χ1) is 7.95. The fourth-order valence-electron chi connectivity index (χ4n) is 1.80. The van der Waals surface area contributed by atoms with Gasteiger partial charge in [-0.1, -0.05) is 6.07 Å². The maximum Gasteiger partial charge on any atom is 0.315 e. The zero-order valence-corrected chi connectivity index (χ0v) is 10.4. The van der Waals surface area contributed by atoms with E-state index in [4.69, 9.17) is 9.15 Å². The van der Waals surface area contributed by atoms with Gasteiger partial charge in [-0.2, -0.15) is 0 Å². The summed E-state index contributed by atoms with van der Waals surface area (Å²) in [5.41, 5.74) is 1.65. The number of esters is 1. The van der Waals surface area contributed by atoms with Gasteiger partial charge in [-0.15, -0.1) is 0 Å². The molecule has 1 aromatic carbocycles. The molecule has 0 fully saturated rings. The van der Waals surface area contributed by atoms with E-state index >= 15 is 0 Å². The number of carbonyl (C=O) groups excluding carboxylic acids is 1. The monoisotopic (exact) mass is 233 g/mol. The highest BCUT2D eigenvalue weighted by Gasteiger charge is 2.31. The van der Waals surface area contributed by atoms with Crippen molar-refractivity contribution in [2.24, 2.45) is 0 Å². The summed E-state index contributed by atoms with van der Waals surface area (Å²) in [6.45, 7) is 5.44. The van der Waals surface area contributed by atoms with Crippen molar-refractivity contribution >= 4 is 17.1 Å². The molecule has 1 aromatic heterocycles. The van der Waals surface area contributed by atoms with Gasteiger partial charge < -0.3 is 9.15 Å². The fraction of sp³-hybridized carbons (Fsp3) is 0.385. The van der Waals surface area contributed by atoms with Crippen LogP contribution in [0.5, 0.6) is 0 Å². The van der Waals surface area contributed by atoms with Crippen molar-refractivity contribution in [2.45, 2.75) is 26.2 Å². The number of fused-ring (bicyclic) bond motifs is 1. The van der Waals surface area contributed by atoms with Crippen molar-refractivity contribution in [3.05, 3.63) is 29.7 Å². The molecule has 0 bridgehead atoms. The van der Waals surface area contributed by atoms with Gasteiger partial charge in [0.05, 0.1) is 12.5 Å². The summed E-state index contributed by atoms with van der Waals surface area (Å²) in [4.78, 5) is 15.9. The van der Waals surface area contributed by atoms with Crippen LogP contribution < -0.4 is 0 Å². The average molecular weight is 233 g/mol. The SMILES string of the molecule is COC(=O)C(C)(C)c1ccc2nc(C)oc2c1. The van der Waals surface area contributed by atoms with Gasteiger partial charge in [-0.05, 0) is 31.5 Å². The molecule has 0 aliphatic heterocycles. The Morgan fingerprint density at radius 3 is 2.76 bits per heavy atom. The molecule has 0 spiro atoms. The van der Waals surface area contributed by atoms with Crippen LogP contribution in [0.3, 0.4) is 0 Å². The molecule has 2 aromatic rings. The van der Waals surface area contributed by atoms with E-state index in [-0.39, 0.29) is 5.97 Å². The fourth-order valence-corrected chi connectivity index (χ4v) is 1.80. The zero-order chi connectivity index (χ0) is 12.6. The predicted octanol–water partition coefficient (Wildman–Crippen LogP) is 2.59. The Kier molecular flexibility index (Phi) is 2.65. The number of hydrogen-bond acceptors (Lipinski definition) is 4. The van der Waals surface area contributed by atoms with Crippen LogP contribution in [0, 0.1) is 6.92 Å². The lowest BCUT2D eigenvalue weighted by Crippen LogP contribution is -2.30. The molecule has 0 unspecified atom stereocenters. The second-order valence-corrected chi connectivity index (χ2v) is 4.53. The van der Waals surface area contributed by atoms with E-state index in [0.717, 1.165) is 11.1 Å². The number of aromatic nitrogens is 1. The van der Waals surface area contributed by atoms with E-state index in [1.54, 1.807) is 6.92 Å². The predicted molar refractivity (Wildman–Crippen MR) is 63.8 cm³/mol. The molecule has 0 atom stereocenters. The summed E-state index contributed by atoms with van der Waals surface area (Å²) in [7, 11) is 1.39. The van der Waals surface area contributed by atoms with Crippen molar-refractivity contribution in [2.75, 3.05) is 7.11 Å². The molecule has 0 saturated carbocycles. The Morgan fingerprint density at radius 2 is 2.12 bits per heavy atom. The van der Waals surface area contributed by atoms with Gasteiger partial charge in [0.1, 0.15) is 5.52 Å². The molecule has 17 heavy (non-hydrogen) atoms. The van der Waals surface area contributed by atoms with Crippen LogP contribution in [0.4, 0.5) is 0 Å². The third kappa shape index (κ3) is 1.90. The van der Waals surface area contributed by atoms with Crippen LogP contribution in [0.25, 0.3) is 11.1 Å². The summed E-state index contributed by atoms with van der Waals surface area (Å²) in [6.07, 6.45) is 0. The molecule has 4 heteroatoms. The van der Waals surface area contributed by atoms with E-state index in [1.165, 1.54) is 7.11 Å². The summed E-state index contributed by atoms with van der Waals surface area (Å²) in [5.74, 6) is 0.348. The highest BCUT2D eigenvalue weighted by atomic mass is 16.5. The van der Waals surface area contributed by atoms with Crippen LogP contribution in [0.15, 0.2) is 22.6 Å². The molecule has 0 N–H and O–H groups in total. The Labute approximate surface area is 99.6 Å².